The number of amides is 1. The quantitative estimate of drug-likeness (QED) is 0.768. The third-order valence-corrected chi connectivity index (χ3v) is 4.14. The van der Waals surface area contributed by atoms with Crippen molar-refractivity contribution in [2.45, 2.75) is 25.4 Å². The lowest BCUT2D eigenvalue weighted by Gasteiger charge is -2.31. The highest BCUT2D eigenvalue weighted by Crippen LogP contribution is 2.23. The summed E-state index contributed by atoms with van der Waals surface area (Å²) >= 11 is 5.89. The van der Waals surface area contributed by atoms with Crippen molar-refractivity contribution in [1.29, 1.82) is 0 Å². The third kappa shape index (κ3) is 4.88. The van der Waals surface area contributed by atoms with Crippen LogP contribution in [0.4, 0.5) is 0 Å². The molecular weight excluding hydrogens is 290 g/mol. The number of likely N-dealkylation sites (N-methyl/N-ethyl adjacent to an activating group) is 1. The number of phenolic OH excluding ortho intramolecular Hbond substituents is 1. The van der Waals surface area contributed by atoms with Crippen LogP contribution in [0.1, 0.15) is 18.4 Å². The molecule has 0 spiro atoms. The number of hydrogen-bond acceptors (Lipinski definition) is 4. The molecule has 1 heterocycles. The molecule has 116 valence electrons. The van der Waals surface area contributed by atoms with Crippen LogP contribution in [0.25, 0.3) is 0 Å². The summed E-state index contributed by atoms with van der Waals surface area (Å²) in [7, 11) is 1.67. The number of hydrogen-bond donors (Lipinski definition) is 3. The second kappa shape index (κ2) is 7.64. The first-order chi connectivity index (χ1) is 10.1. The lowest BCUT2D eigenvalue weighted by molar-refractivity contribution is -0.122. The average molecular weight is 312 g/mol. The Bertz CT molecular complexity index is 488. The van der Waals surface area contributed by atoms with E-state index in [1.165, 1.54) is 0 Å². The molecule has 2 rings (SSSR count). The number of piperidine rings is 1. The van der Waals surface area contributed by atoms with Crippen LogP contribution in [0.2, 0.25) is 5.02 Å². The van der Waals surface area contributed by atoms with Crippen molar-refractivity contribution >= 4 is 17.5 Å². The Morgan fingerprint density at radius 3 is 2.76 bits per heavy atom. The van der Waals surface area contributed by atoms with Crippen molar-refractivity contribution in [2.24, 2.45) is 0 Å². The summed E-state index contributed by atoms with van der Waals surface area (Å²) in [6, 6.07) is 5.73. The van der Waals surface area contributed by atoms with Crippen molar-refractivity contribution < 1.29 is 9.90 Å². The number of benzene rings is 1. The van der Waals surface area contributed by atoms with Gasteiger partial charge >= 0.3 is 0 Å². The van der Waals surface area contributed by atoms with Gasteiger partial charge in [-0.1, -0.05) is 17.7 Å². The molecule has 5 nitrogen and oxygen atoms in total. The molecule has 6 heteroatoms. The Morgan fingerprint density at radius 1 is 1.43 bits per heavy atom. The number of phenols is 1. The molecule has 1 aromatic carbocycles. The summed E-state index contributed by atoms with van der Waals surface area (Å²) in [6.45, 7) is 3.08. The summed E-state index contributed by atoms with van der Waals surface area (Å²) in [5.74, 6) is 0.183. The topological polar surface area (TPSA) is 64.6 Å². The van der Waals surface area contributed by atoms with Gasteiger partial charge in [0.1, 0.15) is 5.75 Å². The highest BCUT2D eigenvalue weighted by molar-refractivity contribution is 6.32. The van der Waals surface area contributed by atoms with Gasteiger partial charge in [-0.05, 0) is 30.5 Å². The van der Waals surface area contributed by atoms with E-state index < -0.39 is 0 Å². The Hall–Kier alpha value is -1.30. The highest BCUT2D eigenvalue weighted by atomic mass is 35.5. The van der Waals surface area contributed by atoms with Gasteiger partial charge in [0.05, 0.1) is 11.6 Å². The predicted molar refractivity (Wildman–Crippen MR) is 83.5 cm³/mol. The van der Waals surface area contributed by atoms with E-state index in [0.717, 1.165) is 38.0 Å². The van der Waals surface area contributed by atoms with Crippen molar-refractivity contribution in [3.8, 4) is 5.75 Å². The summed E-state index contributed by atoms with van der Waals surface area (Å²) in [4.78, 5) is 13.5. The molecule has 1 saturated heterocycles. The zero-order valence-electron chi connectivity index (χ0n) is 12.2. The minimum atomic E-state index is 0.0696. The molecule has 1 aromatic rings. The molecule has 0 unspecified atom stereocenters. The van der Waals surface area contributed by atoms with Gasteiger partial charge in [-0.2, -0.15) is 0 Å². The second-order valence-electron chi connectivity index (χ2n) is 5.39. The van der Waals surface area contributed by atoms with E-state index >= 15 is 0 Å². The fraction of sp³-hybridized carbons (Fsp3) is 0.533. The third-order valence-electron chi connectivity index (χ3n) is 3.84. The number of aromatic hydroxyl groups is 1. The number of carbonyl (C=O) groups excluding carboxylic acids is 1. The molecule has 21 heavy (non-hydrogen) atoms. The Morgan fingerprint density at radius 2 is 2.14 bits per heavy atom. The van der Waals surface area contributed by atoms with Crippen LogP contribution in [-0.2, 0) is 11.3 Å². The summed E-state index contributed by atoms with van der Waals surface area (Å²) in [6.07, 6.45) is 2.06. The fourth-order valence-electron chi connectivity index (χ4n) is 2.50. The predicted octanol–water partition coefficient (Wildman–Crippen LogP) is 1.35. The molecule has 0 aliphatic carbocycles. The Labute approximate surface area is 130 Å². The molecule has 0 atom stereocenters. The molecule has 3 N–H and O–H groups in total. The zero-order chi connectivity index (χ0) is 15.2. The van der Waals surface area contributed by atoms with E-state index in [-0.39, 0.29) is 11.7 Å². The largest absolute Gasteiger partial charge is 0.506 e. The molecule has 0 radical (unpaired) electrons. The number of halogens is 1. The van der Waals surface area contributed by atoms with Crippen molar-refractivity contribution in [2.75, 3.05) is 26.7 Å². The standard InChI is InChI=1S/C15H22ClN3O2/c1-17-15(21)10-19-6-4-12(5-7-19)18-9-11-2-3-14(20)13(16)8-11/h2-3,8,12,18,20H,4-7,9-10H2,1H3,(H,17,21). The maximum Gasteiger partial charge on any atom is 0.233 e. The number of carbonyl (C=O) groups is 1. The van der Waals surface area contributed by atoms with E-state index in [1.807, 2.05) is 6.07 Å². The van der Waals surface area contributed by atoms with Gasteiger partial charge in [-0.25, -0.2) is 0 Å². The number of rotatable bonds is 5. The van der Waals surface area contributed by atoms with Crippen LogP contribution in [0.3, 0.4) is 0 Å². The normalized spacial score (nSPS) is 16.9. The van der Waals surface area contributed by atoms with Gasteiger partial charge in [0, 0.05) is 32.7 Å². The molecule has 1 amide bonds. The molecule has 0 saturated carbocycles. The maximum absolute atomic E-state index is 11.3. The van der Waals surface area contributed by atoms with Crippen LogP contribution in [0, 0.1) is 0 Å². The lowest BCUT2D eigenvalue weighted by Crippen LogP contribution is -2.45. The summed E-state index contributed by atoms with van der Waals surface area (Å²) < 4.78 is 0. The fourth-order valence-corrected chi connectivity index (χ4v) is 2.70. The van der Waals surface area contributed by atoms with Gasteiger partial charge in [0.2, 0.25) is 5.91 Å². The molecule has 1 aliphatic heterocycles. The molecule has 0 bridgehead atoms. The van der Waals surface area contributed by atoms with Gasteiger partial charge in [0.25, 0.3) is 0 Å². The van der Waals surface area contributed by atoms with Crippen LogP contribution < -0.4 is 10.6 Å². The maximum atomic E-state index is 11.3. The van der Waals surface area contributed by atoms with Gasteiger partial charge in [0.15, 0.2) is 0 Å². The molecule has 1 aliphatic rings. The van der Waals surface area contributed by atoms with Crippen molar-refractivity contribution in [3.05, 3.63) is 28.8 Å². The Kier molecular flexibility index (Phi) is 5.85. The van der Waals surface area contributed by atoms with E-state index in [4.69, 9.17) is 11.6 Å². The van der Waals surface area contributed by atoms with Gasteiger partial charge in [-0.3, -0.25) is 9.69 Å². The van der Waals surface area contributed by atoms with Crippen LogP contribution in [0.5, 0.6) is 5.75 Å². The number of nitrogens with zero attached hydrogens (tertiary/aromatic N) is 1. The van der Waals surface area contributed by atoms with E-state index in [2.05, 4.69) is 15.5 Å². The average Bonchev–Trinajstić information content (AvgIpc) is 2.50. The van der Waals surface area contributed by atoms with Crippen molar-refractivity contribution in [1.82, 2.24) is 15.5 Å². The molecule has 0 aromatic heterocycles. The smallest absolute Gasteiger partial charge is 0.233 e. The first-order valence-electron chi connectivity index (χ1n) is 7.22. The molecule has 1 fully saturated rings. The summed E-state index contributed by atoms with van der Waals surface area (Å²) in [5.41, 5.74) is 1.06. The first kappa shape index (κ1) is 16.1. The zero-order valence-corrected chi connectivity index (χ0v) is 13.0. The minimum Gasteiger partial charge on any atom is -0.506 e. The van der Waals surface area contributed by atoms with E-state index in [0.29, 0.717) is 17.6 Å². The lowest BCUT2D eigenvalue weighted by atomic mass is 10.0. The SMILES string of the molecule is CNC(=O)CN1CCC(NCc2ccc(O)c(Cl)c2)CC1. The van der Waals surface area contributed by atoms with Crippen molar-refractivity contribution in [3.63, 3.8) is 0 Å². The van der Waals surface area contributed by atoms with Gasteiger partial charge in [-0.15, -0.1) is 0 Å². The van der Waals surface area contributed by atoms with Crippen LogP contribution in [0.15, 0.2) is 18.2 Å². The van der Waals surface area contributed by atoms with Crippen LogP contribution in [-0.4, -0.2) is 48.6 Å². The summed E-state index contributed by atoms with van der Waals surface area (Å²) in [5, 5.41) is 15.9. The highest BCUT2D eigenvalue weighted by Gasteiger charge is 2.20. The van der Waals surface area contributed by atoms with Crippen LogP contribution >= 0.6 is 11.6 Å². The van der Waals surface area contributed by atoms with E-state index in [9.17, 15) is 9.90 Å². The molecular formula is C15H22ClN3O2. The van der Waals surface area contributed by atoms with Gasteiger partial charge < -0.3 is 15.7 Å². The van der Waals surface area contributed by atoms with E-state index in [1.54, 1.807) is 19.2 Å². The monoisotopic (exact) mass is 311 g/mol. The first-order valence-corrected chi connectivity index (χ1v) is 7.60. The minimum absolute atomic E-state index is 0.0696. The number of likely N-dealkylation sites (tertiary alicyclic amines) is 1. The number of nitrogens with one attached hydrogen (secondary N) is 2. The second-order valence-corrected chi connectivity index (χ2v) is 5.80. The Balaban J connectivity index is 1.73.